The number of piperazine rings is 1. The molecule has 0 aliphatic carbocycles. The quantitative estimate of drug-likeness (QED) is 0.268. The SMILES string of the molecule is CN(C)C(=N)N1CCN([C@H](C(=O)N(C)CCc2cc(C(F)(F)F)cc(C(F)(F)F)c2)c2ccccc2)CC1.Cl.Cl. The molecule has 1 amide bonds. The fraction of sp³-hybridized carbons (Fsp3) is 0.462. The molecule has 1 saturated heterocycles. The Balaban J connectivity index is 0.00000400. The Morgan fingerprint density at radius 2 is 1.38 bits per heavy atom. The largest absolute Gasteiger partial charge is 0.416 e. The lowest BCUT2D eigenvalue weighted by Gasteiger charge is -2.41. The summed E-state index contributed by atoms with van der Waals surface area (Å²) in [7, 11) is 5.05. The zero-order valence-electron chi connectivity index (χ0n) is 22.2. The van der Waals surface area contributed by atoms with E-state index in [0.29, 0.717) is 44.3 Å². The zero-order chi connectivity index (χ0) is 28.3. The van der Waals surface area contributed by atoms with Gasteiger partial charge in [0.05, 0.1) is 11.1 Å². The molecular formula is C26H33Cl2F6N5O. The number of carbonyl (C=O) groups excluding carboxylic acids is 1. The molecule has 2 aromatic rings. The highest BCUT2D eigenvalue weighted by Gasteiger charge is 2.37. The van der Waals surface area contributed by atoms with Crippen LogP contribution in [0.3, 0.4) is 0 Å². The van der Waals surface area contributed by atoms with E-state index >= 15 is 0 Å². The summed E-state index contributed by atoms with van der Waals surface area (Å²) in [5.74, 6) is 0.0547. The van der Waals surface area contributed by atoms with Gasteiger partial charge in [-0.1, -0.05) is 30.3 Å². The van der Waals surface area contributed by atoms with Gasteiger partial charge >= 0.3 is 12.4 Å². The Kier molecular flexibility index (Phi) is 12.6. The Bertz CT molecular complexity index is 1090. The van der Waals surface area contributed by atoms with Gasteiger partial charge in [-0.2, -0.15) is 26.3 Å². The molecular weight excluding hydrogens is 583 g/mol. The molecule has 1 atom stereocenters. The van der Waals surface area contributed by atoms with Gasteiger partial charge in [0, 0.05) is 53.9 Å². The number of amides is 1. The van der Waals surface area contributed by atoms with E-state index < -0.39 is 29.5 Å². The predicted octanol–water partition coefficient (Wildman–Crippen LogP) is 5.42. The number of benzene rings is 2. The van der Waals surface area contributed by atoms with E-state index in [-0.39, 0.29) is 55.3 Å². The standard InChI is InChI=1S/C26H31F6N5O.2ClH/c1-34(2)24(33)37-13-11-36(12-14-37)22(19-7-5-4-6-8-19)23(38)35(3)10-9-18-15-20(25(27,28)29)17-21(16-18)26(30,31)32;;/h4-8,15-17,22,33H,9-14H2,1-3H3;2*1H/t22-;;/m0../s1. The van der Waals surface area contributed by atoms with Gasteiger partial charge in [0.1, 0.15) is 6.04 Å². The molecule has 1 aliphatic rings. The zero-order valence-corrected chi connectivity index (χ0v) is 23.9. The topological polar surface area (TPSA) is 53.9 Å². The summed E-state index contributed by atoms with van der Waals surface area (Å²) in [6.45, 7) is 1.99. The van der Waals surface area contributed by atoms with Crippen LogP contribution in [-0.4, -0.2) is 85.3 Å². The number of carbonyl (C=O) groups is 1. The summed E-state index contributed by atoms with van der Waals surface area (Å²) >= 11 is 0. The van der Waals surface area contributed by atoms with Crippen LogP contribution in [0.4, 0.5) is 26.3 Å². The van der Waals surface area contributed by atoms with Crippen LogP contribution in [0.25, 0.3) is 0 Å². The van der Waals surface area contributed by atoms with E-state index in [9.17, 15) is 31.1 Å². The second kappa shape index (κ2) is 14.3. The van der Waals surface area contributed by atoms with Crippen LogP contribution in [-0.2, 0) is 23.6 Å². The first-order valence-electron chi connectivity index (χ1n) is 12.0. The van der Waals surface area contributed by atoms with Crippen LogP contribution in [0.1, 0.15) is 28.3 Å². The summed E-state index contributed by atoms with van der Waals surface area (Å²) in [4.78, 5) is 20.5. The molecule has 1 heterocycles. The number of nitrogens with one attached hydrogen (secondary N) is 1. The maximum absolute atomic E-state index is 13.6. The van der Waals surface area contributed by atoms with Crippen molar-refractivity contribution in [2.75, 3.05) is 53.9 Å². The summed E-state index contributed by atoms with van der Waals surface area (Å²) in [6, 6.07) is 9.85. The van der Waals surface area contributed by atoms with E-state index in [4.69, 9.17) is 5.41 Å². The first-order chi connectivity index (χ1) is 17.7. The number of likely N-dealkylation sites (N-methyl/N-ethyl adjacent to an activating group) is 1. The van der Waals surface area contributed by atoms with Crippen molar-refractivity contribution in [1.82, 2.24) is 19.6 Å². The maximum Gasteiger partial charge on any atom is 0.416 e. The number of rotatable bonds is 6. The Hall–Kier alpha value is -2.70. The molecule has 0 bridgehead atoms. The number of nitrogens with zero attached hydrogens (tertiary/aromatic N) is 4. The first-order valence-corrected chi connectivity index (χ1v) is 12.0. The maximum atomic E-state index is 13.6. The number of alkyl halides is 6. The van der Waals surface area contributed by atoms with Crippen molar-refractivity contribution < 1.29 is 31.1 Å². The molecule has 0 radical (unpaired) electrons. The minimum Gasteiger partial charge on any atom is -0.349 e. The highest BCUT2D eigenvalue weighted by Crippen LogP contribution is 2.36. The van der Waals surface area contributed by atoms with Crippen LogP contribution in [0.5, 0.6) is 0 Å². The van der Waals surface area contributed by atoms with E-state index in [1.165, 1.54) is 11.9 Å². The average molecular weight is 616 g/mol. The Morgan fingerprint density at radius 3 is 1.82 bits per heavy atom. The molecule has 0 spiro atoms. The van der Waals surface area contributed by atoms with Crippen molar-refractivity contribution in [2.45, 2.75) is 24.8 Å². The van der Waals surface area contributed by atoms with Gasteiger partial charge < -0.3 is 14.7 Å². The normalized spacial score (nSPS) is 15.0. The second-order valence-corrected chi connectivity index (χ2v) is 9.48. The summed E-state index contributed by atoms with van der Waals surface area (Å²) in [6.07, 6.45) is -10.0. The van der Waals surface area contributed by atoms with E-state index in [1.807, 2.05) is 28.0 Å². The number of hydrogen-bond acceptors (Lipinski definition) is 3. The third kappa shape index (κ3) is 8.90. The summed E-state index contributed by atoms with van der Waals surface area (Å²) < 4.78 is 79.4. The highest BCUT2D eigenvalue weighted by atomic mass is 35.5. The minimum absolute atomic E-state index is 0. The van der Waals surface area contributed by atoms with Crippen LogP contribution in [0.2, 0.25) is 0 Å². The van der Waals surface area contributed by atoms with Crippen LogP contribution in [0, 0.1) is 5.41 Å². The van der Waals surface area contributed by atoms with Crippen molar-refractivity contribution >= 4 is 36.7 Å². The average Bonchev–Trinajstić information content (AvgIpc) is 2.86. The molecule has 1 aliphatic heterocycles. The summed E-state index contributed by atoms with van der Waals surface area (Å²) in [5, 5.41) is 8.19. The van der Waals surface area contributed by atoms with Gasteiger partial charge in [-0.05, 0) is 35.7 Å². The molecule has 1 fully saturated rings. The van der Waals surface area contributed by atoms with Gasteiger partial charge in [0.15, 0.2) is 5.96 Å². The Morgan fingerprint density at radius 1 is 0.875 bits per heavy atom. The number of halogens is 8. The lowest BCUT2D eigenvalue weighted by molar-refractivity contribution is -0.143. The lowest BCUT2D eigenvalue weighted by Crippen LogP contribution is -2.54. The van der Waals surface area contributed by atoms with Crippen molar-refractivity contribution in [3.8, 4) is 0 Å². The molecule has 0 unspecified atom stereocenters. The van der Waals surface area contributed by atoms with E-state index in [1.54, 1.807) is 31.1 Å². The van der Waals surface area contributed by atoms with Crippen LogP contribution < -0.4 is 0 Å². The number of guanidine groups is 1. The first kappa shape index (κ1) is 35.3. The van der Waals surface area contributed by atoms with Gasteiger partial charge in [-0.3, -0.25) is 15.1 Å². The van der Waals surface area contributed by atoms with Crippen LogP contribution >= 0.6 is 24.8 Å². The van der Waals surface area contributed by atoms with Crippen molar-refractivity contribution in [1.29, 1.82) is 5.41 Å². The van der Waals surface area contributed by atoms with E-state index in [2.05, 4.69) is 0 Å². The summed E-state index contributed by atoms with van der Waals surface area (Å²) in [5.41, 5.74) is -2.17. The molecule has 40 heavy (non-hydrogen) atoms. The molecule has 6 nitrogen and oxygen atoms in total. The van der Waals surface area contributed by atoms with Gasteiger partial charge in [-0.15, -0.1) is 24.8 Å². The monoisotopic (exact) mass is 615 g/mol. The molecule has 14 heteroatoms. The Labute approximate surface area is 242 Å². The van der Waals surface area contributed by atoms with Crippen molar-refractivity contribution in [2.24, 2.45) is 0 Å². The molecule has 1 N–H and O–H groups in total. The lowest BCUT2D eigenvalue weighted by atomic mass is 10.0. The molecule has 224 valence electrons. The molecule has 0 saturated carbocycles. The molecule has 3 rings (SSSR count). The van der Waals surface area contributed by atoms with Gasteiger partial charge in [-0.25, -0.2) is 0 Å². The number of hydrogen-bond donors (Lipinski definition) is 1. The highest BCUT2D eigenvalue weighted by molar-refractivity contribution is 5.85. The molecule has 0 aromatic heterocycles. The third-order valence-electron chi connectivity index (χ3n) is 6.51. The fourth-order valence-corrected chi connectivity index (χ4v) is 4.40. The van der Waals surface area contributed by atoms with Crippen molar-refractivity contribution in [3.63, 3.8) is 0 Å². The van der Waals surface area contributed by atoms with Crippen molar-refractivity contribution in [3.05, 3.63) is 70.8 Å². The van der Waals surface area contributed by atoms with Gasteiger partial charge in [0.2, 0.25) is 5.91 Å². The molecule has 2 aromatic carbocycles. The van der Waals surface area contributed by atoms with Crippen LogP contribution in [0.15, 0.2) is 48.5 Å². The minimum atomic E-state index is -4.93. The second-order valence-electron chi connectivity index (χ2n) is 9.48. The fourth-order valence-electron chi connectivity index (χ4n) is 4.40. The van der Waals surface area contributed by atoms with E-state index in [0.717, 1.165) is 5.56 Å². The third-order valence-corrected chi connectivity index (χ3v) is 6.51. The van der Waals surface area contributed by atoms with Gasteiger partial charge in [0.25, 0.3) is 0 Å². The predicted molar refractivity (Wildman–Crippen MR) is 146 cm³/mol. The smallest absolute Gasteiger partial charge is 0.349 e.